The van der Waals surface area contributed by atoms with Gasteiger partial charge in [0.05, 0.1) is 24.8 Å². The topological polar surface area (TPSA) is 105 Å². The maximum atomic E-state index is 14.3. The largest absolute Gasteiger partial charge is 0.497 e. The van der Waals surface area contributed by atoms with Crippen molar-refractivity contribution in [1.82, 2.24) is 10.2 Å². The molecule has 1 N–H and O–H groups in total. The fourth-order valence-electron chi connectivity index (χ4n) is 4.60. The van der Waals surface area contributed by atoms with E-state index in [9.17, 15) is 18.0 Å². The molecule has 0 aromatic heterocycles. The van der Waals surface area contributed by atoms with Crippen LogP contribution in [0, 0.1) is 13.8 Å². The molecule has 9 nitrogen and oxygen atoms in total. The maximum absolute atomic E-state index is 14.3. The van der Waals surface area contributed by atoms with Crippen LogP contribution in [0.4, 0.5) is 5.69 Å². The molecule has 0 bridgehead atoms. The number of rotatable bonds is 14. The van der Waals surface area contributed by atoms with E-state index in [1.165, 1.54) is 37.3 Å². The fraction of sp³-hybridized carbons (Fsp3) is 0.375. The molecule has 0 spiro atoms. The molecular weight excluding hydrogens is 554 g/mol. The lowest BCUT2D eigenvalue weighted by Gasteiger charge is -2.34. The quantitative estimate of drug-likeness (QED) is 0.286. The van der Waals surface area contributed by atoms with E-state index < -0.39 is 28.5 Å². The average molecular weight is 596 g/mol. The van der Waals surface area contributed by atoms with Gasteiger partial charge in [-0.3, -0.25) is 13.9 Å². The minimum Gasteiger partial charge on any atom is -0.497 e. The van der Waals surface area contributed by atoms with Crippen LogP contribution in [0.5, 0.6) is 11.5 Å². The summed E-state index contributed by atoms with van der Waals surface area (Å²) in [5.74, 6) is -0.174. The Labute approximate surface area is 249 Å². The maximum Gasteiger partial charge on any atom is 0.264 e. The van der Waals surface area contributed by atoms with Crippen LogP contribution < -0.4 is 19.1 Å². The van der Waals surface area contributed by atoms with Gasteiger partial charge < -0.3 is 19.7 Å². The summed E-state index contributed by atoms with van der Waals surface area (Å²) in [4.78, 5) is 29.0. The van der Waals surface area contributed by atoms with Crippen LogP contribution in [-0.4, -0.2) is 58.5 Å². The number of carbonyl (C=O) groups is 2. The van der Waals surface area contributed by atoms with Gasteiger partial charge in [0.25, 0.3) is 10.0 Å². The van der Waals surface area contributed by atoms with Crippen LogP contribution in [0.25, 0.3) is 0 Å². The van der Waals surface area contributed by atoms with E-state index in [4.69, 9.17) is 9.47 Å². The molecule has 0 aliphatic carbocycles. The van der Waals surface area contributed by atoms with Crippen LogP contribution in [0.2, 0.25) is 0 Å². The molecular formula is C32H41N3O6S. The Morgan fingerprint density at radius 3 is 2.21 bits per heavy atom. The summed E-state index contributed by atoms with van der Waals surface area (Å²) in [6.45, 7) is 7.62. The summed E-state index contributed by atoms with van der Waals surface area (Å²) in [7, 11) is -1.35. The van der Waals surface area contributed by atoms with Crippen molar-refractivity contribution >= 4 is 27.5 Å². The second-order valence-corrected chi connectivity index (χ2v) is 11.9. The molecule has 0 saturated carbocycles. The van der Waals surface area contributed by atoms with Crippen molar-refractivity contribution in [3.63, 3.8) is 0 Å². The molecule has 0 heterocycles. The van der Waals surface area contributed by atoms with Crippen LogP contribution in [0.1, 0.15) is 43.4 Å². The molecule has 0 saturated heterocycles. The van der Waals surface area contributed by atoms with E-state index in [0.29, 0.717) is 18.7 Å². The molecule has 0 fully saturated rings. The third kappa shape index (κ3) is 7.61. The lowest BCUT2D eigenvalue weighted by atomic mass is 10.1. The van der Waals surface area contributed by atoms with Gasteiger partial charge >= 0.3 is 0 Å². The molecule has 3 aromatic rings. The van der Waals surface area contributed by atoms with E-state index in [2.05, 4.69) is 5.32 Å². The van der Waals surface area contributed by atoms with Crippen molar-refractivity contribution in [2.75, 3.05) is 31.6 Å². The van der Waals surface area contributed by atoms with Gasteiger partial charge in [0.1, 0.15) is 24.1 Å². The standard InChI is InChI=1S/C32H41N3O6S/c1-7-19-33-32(37)28(8-2)34(21-25-12-10-9-11-24(25)4)31(36)22-35(29-20-26(40-5)15-18-30(29)41-6)42(38,39)27-16-13-23(3)14-17-27/h9-18,20,28H,7-8,19,21-22H2,1-6H3,(H,33,37)/t28-/m0/s1. The van der Waals surface area contributed by atoms with Crippen molar-refractivity contribution in [3.05, 3.63) is 83.4 Å². The third-order valence-electron chi connectivity index (χ3n) is 7.08. The Morgan fingerprint density at radius 2 is 1.62 bits per heavy atom. The zero-order chi connectivity index (χ0) is 30.9. The highest BCUT2D eigenvalue weighted by Gasteiger charge is 2.35. The molecule has 3 aromatic carbocycles. The van der Waals surface area contributed by atoms with Gasteiger partial charge in [-0.25, -0.2) is 8.42 Å². The molecule has 10 heteroatoms. The lowest BCUT2D eigenvalue weighted by Crippen LogP contribution is -2.52. The number of anilines is 1. The van der Waals surface area contributed by atoms with Crippen molar-refractivity contribution in [2.45, 2.75) is 58.0 Å². The first-order chi connectivity index (χ1) is 20.1. The van der Waals surface area contributed by atoms with Gasteiger partial charge in [-0.05, 0) is 62.1 Å². The smallest absolute Gasteiger partial charge is 0.264 e. The second-order valence-electron chi connectivity index (χ2n) is 10.0. The number of nitrogens with one attached hydrogen (secondary N) is 1. The van der Waals surface area contributed by atoms with E-state index in [1.807, 2.05) is 52.0 Å². The molecule has 226 valence electrons. The number of ether oxygens (including phenoxy) is 2. The lowest BCUT2D eigenvalue weighted by molar-refractivity contribution is -0.140. The van der Waals surface area contributed by atoms with Crippen LogP contribution in [-0.2, 0) is 26.2 Å². The first kappa shape index (κ1) is 32.5. The molecule has 0 aliphatic rings. The van der Waals surface area contributed by atoms with Gasteiger partial charge in [0, 0.05) is 19.2 Å². The zero-order valence-electron chi connectivity index (χ0n) is 25.2. The third-order valence-corrected chi connectivity index (χ3v) is 8.85. The molecule has 42 heavy (non-hydrogen) atoms. The second kappa shape index (κ2) is 14.7. The van der Waals surface area contributed by atoms with Crippen LogP contribution >= 0.6 is 0 Å². The first-order valence-corrected chi connectivity index (χ1v) is 15.4. The Bertz CT molecular complexity index is 1470. The summed E-state index contributed by atoms with van der Waals surface area (Å²) < 4.78 is 40.3. The van der Waals surface area contributed by atoms with Crippen molar-refractivity contribution < 1.29 is 27.5 Å². The minimum absolute atomic E-state index is 0.0176. The fourth-order valence-corrected chi connectivity index (χ4v) is 6.02. The number of sulfonamides is 1. The normalized spacial score (nSPS) is 11.9. The van der Waals surface area contributed by atoms with E-state index in [-0.39, 0.29) is 28.8 Å². The van der Waals surface area contributed by atoms with Crippen molar-refractivity contribution in [2.24, 2.45) is 0 Å². The SMILES string of the molecule is CCCNC(=O)[C@H](CC)N(Cc1ccccc1C)C(=O)CN(c1cc(OC)ccc1OC)S(=O)(=O)c1ccc(C)cc1. The Morgan fingerprint density at radius 1 is 0.929 bits per heavy atom. The van der Waals surface area contributed by atoms with E-state index in [1.54, 1.807) is 24.3 Å². The van der Waals surface area contributed by atoms with E-state index >= 15 is 0 Å². The van der Waals surface area contributed by atoms with Gasteiger partial charge in [-0.15, -0.1) is 0 Å². The number of carbonyl (C=O) groups excluding carboxylic acids is 2. The summed E-state index contributed by atoms with van der Waals surface area (Å²) in [5, 5.41) is 2.90. The number of amides is 2. The zero-order valence-corrected chi connectivity index (χ0v) is 26.0. The van der Waals surface area contributed by atoms with Crippen LogP contribution in [0.3, 0.4) is 0 Å². The van der Waals surface area contributed by atoms with Gasteiger partial charge in [-0.1, -0.05) is 55.8 Å². The van der Waals surface area contributed by atoms with Crippen molar-refractivity contribution in [3.8, 4) is 11.5 Å². The number of methoxy groups -OCH3 is 2. The number of aryl methyl sites for hydroxylation is 2. The number of hydrogen-bond donors (Lipinski definition) is 1. The minimum atomic E-state index is -4.26. The molecule has 0 radical (unpaired) electrons. The Hall–Kier alpha value is -4.05. The monoisotopic (exact) mass is 595 g/mol. The highest BCUT2D eigenvalue weighted by Crippen LogP contribution is 2.36. The Balaban J connectivity index is 2.15. The van der Waals surface area contributed by atoms with Gasteiger partial charge in [0.2, 0.25) is 11.8 Å². The summed E-state index contributed by atoms with van der Waals surface area (Å²) in [5.41, 5.74) is 2.85. The highest BCUT2D eigenvalue weighted by molar-refractivity contribution is 7.92. The summed E-state index contributed by atoms with van der Waals surface area (Å²) >= 11 is 0. The summed E-state index contributed by atoms with van der Waals surface area (Å²) in [6, 6.07) is 18.0. The number of nitrogens with zero attached hydrogens (tertiary/aromatic N) is 2. The van der Waals surface area contributed by atoms with Gasteiger partial charge in [-0.2, -0.15) is 0 Å². The van der Waals surface area contributed by atoms with Gasteiger partial charge in [0.15, 0.2) is 0 Å². The summed E-state index contributed by atoms with van der Waals surface area (Å²) in [6.07, 6.45) is 1.09. The number of benzene rings is 3. The molecule has 0 aliphatic heterocycles. The molecule has 0 unspecified atom stereocenters. The van der Waals surface area contributed by atoms with Crippen molar-refractivity contribution in [1.29, 1.82) is 0 Å². The van der Waals surface area contributed by atoms with Crippen LogP contribution in [0.15, 0.2) is 71.6 Å². The number of hydrogen-bond acceptors (Lipinski definition) is 6. The predicted octanol–water partition coefficient (Wildman–Crippen LogP) is 4.85. The predicted molar refractivity (Wildman–Crippen MR) is 164 cm³/mol. The molecule has 1 atom stereocenters. The average Bonchev–Trinajstić information content (AvgIpc) is 2.99. The Kier molecular flexibility index (Phi) is 11.4. The first-order valence-electron chi connectivity index (χ1n) is 14.0. The van der Waals surface area contributed by atoms with E-state index in [0.717, 1.165) is 27.4 Å². The highest BCUT2D eigenvalue weighted by atomic mass is 32.2. The molecule has 2 amide bonds. The molecule has 3 rings (SSSR count).